The van der Waals surface area contributed by atoms with Crippen LogP contribution in [0.15, 0.2) is 53.8 Å². The highest BCUT2D eigenvalue weighted by Gasteiger charge is 2.33. The highest BCUT2D eigenvalue weighted by atomic mass is 16.5. The van der Waals surface area contributed by atoms with Crippen molar-refractivity contribution >= 4 is 39.3 Å². The van der Waals surface area contributed by atoms with E-state index in [9.17, 15) is 10.1 Å². The molecule has 0 amide bonds. The van der Waals surface area contributed by atoms with Gasteiger partial charge in [0.05, 0.1) is 24.8 Å². The van der Waals surface area contributed by atoms with E-state index in [4.69, 9.17) is 15.5 Å². The largest absolute Gasteiger partial charge is 0.382 e. The van der Waals surface area contributed by atoms with Gasteiger partial charge >= 0.3 is 0 Å². The molecular formula is C30H29N9O2. The monoisotopic (exact) mass is 547 g/mol. The van der Waals surface area contributed by atoms with E-state index in [1.807, 2.05) is 12.3 Å². The van der Waals surface area contributed by atoms with Crippen LogP contribution < -0.4 is 21.1 Å². The van der Waals surface area contributed by atoms with E-state index in [2.05, 4.69) is 55.1 Å². The number of nitrogens with two attached hydrogens (primary N) is 1. The Morgan fingerprint density at radius 1 is 1.12 bits per heavy atom. The van der Waals surface area contributed by atoms with Gasteiger partial charge in [0.15, 0.2) is 5.82 Å². The predicted molar refractivity (Wildman–Crippen MR) is 158 cm³/mol. The summed E-state index contributed by atoms with van der Waals surface area (Å²) in [5, 5.41) is 11.7. The Labute approximate surface area is 235 Å². The van der Waals surface area contributed by atoms with E-state index in [0.29, 0.717) is 30.1 Å². The number of anilines is 3. The number of hydrogen-bond donors (Lipinski definition) is 2. The standard InChI is InChI=1S/C30H29N9O2/c1-37-16-23(20-6-7-33-26(20)30(37)40)18-4-5-19-13-21(29(36-24(19)14-18)38-9-11-41-12-10-38)25-3-2-8-39(25)28-22(15-31)27(32)34-17-35-28/h4-7,13-14,16-17,25,33H,2-3,8-12H2,1H3,(H2,32,34,35). The fourth-order valence-corrected chi connectivity index (χ4v) is 6.17. The van der Waals surface area contributed by atoms with Crippen LogP contribution >= 0.6 is 0 Å². The number of nitriles is 1. The average Bonchev–Trinajstić information content (AvgIpc) is 3.69. The van der Waals surface area contributed by atoms with Crippen LogP contribution in [0.5, 0.6) is 0 Å². The Morgan fingerprint density at radius 3 is 2.80 bits per heavy atom. The van der Waals surface area contributed by atoms with Crippen LogP contribution in [-0.2, 0) is 11.8 Å². The Bertz CT molecular complexity index is 1900. The minimum Gasteiger partial charge on any atom is -0.382 e. The van der Waals surface area contributed by atoms with Crippen molar-refractivity contribution in [2.24, 2.45) is 7.05 Å². The van der Waals surface area contributed by atoms with Gasteiger partial charge in [-0.05, 0) is 36.6 Å². The minimum absolute atomic E-state index is 0.0195. The third-order valence-corrected chi connectivity index (χ3v) is 8.19. The van der Waals surface area contributed by atoms with E-state index in [1.54, 1.807) is 17.8 Å². The summed E-state index contributed by atoms with van der Waals surface area (Å²) in [7, 11) is 1.77. The molecular weight excluding hydrogens is 518 g/mol. The number of aryl methyl sites for hydroxylation is 1. The molecule has 11 nitrogen and oxygen atoms in total. The number of nitrogen functional groups attached to an aromatic ring is 1. The number of H-pyrrole nitrogens is 1. The zero-order chi connectivity index (χ0) is 28.1. The number of aromatic nitrogens is 5. The average molecular weight is 548 g/mol. The summed E-state index contributed by atoms with van der Waals surface area (Å²) in [5.41, 5.74) is 10.8. The number of pyridine rings is 2. The molecule has 1 aromatic carbocycles. The van der Waals surface area contributed by atoms with Crippen LogP contribution in [0, 0.1) is 11.3 Å². The van der Waals surface area contributed by atoms with E-state index in [1.165, 1.54) is 6.33 Å². The summed E-state index contributed by atoms with van der Waals surface area (Å²) in [6, 6.07) is 12.6. The van der Waals surface area contributed by atoms with Gasteiger partial charge in [-0.15, -0.1) is 0 Å². The van der Waals surface area contributed by atoms with Gasteiger partial charge < -0.3 is 29.8 Å². The quantitative estimate of drug-likeness (QED) is 0.346. The van der Waals surface area contributed by atoms with Crippen molar-refractivity contribution in [2.45, 2.75) is 18.9 Å². The highest BCUT2D eigenvalue weighted by molar-refractivity contribution is 5.97. The summed E-state index contributed by atoms with van der Waals surface area (Å²) in [6.07, 6.45) is 6.96. The molecule has 0 bridgehead atoms. The third-order valence-electron chi connectivity index (χ3n) is 8.19. The topological polar surface area (TPSA) is 142 Å². The molecule has 206 valence electrons. The van der Waals surface area contributed by atoms with Crippen LogP contribution in [0.3, 0.4) is 0 Å². The van der Waals surface area contributed by atoms with Gasteiger partial charge in [0.1, 0.15) is 35.1 Å². The van der Waals surface area contributed by atoms with Gasteiger partial charge in [-0.2, -0.15) is 5.26 Å². The van der Waals surface area contributed by atoms with Crippen molar-refractivity contribution in [1.82, 2.24) is 24.5 Å². The lowest BCUT2D eigenvalue weighted by Crippen LogP contribution is -2.38. The Kier molecular flexibility index (Phi) is 6.05. The molecule has 2 aliphatic rings. The van der Waals surface area contributed by atoms with Gasteiger partial charge in [0.25, 0.3) is 5.56 Å². The summed E-state index contributed by atoms with van der Waals surface area (Å²) in [4.78, 5) is 34.0. The number of hydrogen-bond acceptors (Lipinski definition) is 9. The smallest absolute Gasteiger partial charge is 0.274 e. The molecule has 11 heteroatoms. The number of fused-ring (bicyclic) bond motifs is 2. The second kappa shape index (κ2) is 9.91. The molecule has 0 aliphatic carbocycles. The number of aromatic amines is 1. The zero-order valence-corrected chi connectivity index (χ0v) is 22.7. The van der Waals surface area contributed by atoms with Crippen molar-refractivity contribution in [2.75, 3.05) is 48.4 Å². The van der Waals surface area contributed by atoms with Crippen LogP contribution in [0.4, 0.5) is 17.5 Å². The van der Waals surface area contributed by atoms with Crippen molar-refractivity contribution in [3.05, 3.63) is 70.5 Å². The first-order valence-electron chi connectivity index (χ1n) is 13.7. The fourth-order valence-electron chi connectivity index (χ4n) is 6.17. The lowest BCUT2D eigenvalue weighted by Gasteiger charge is -2.33. The van der Waals surface area contributed by atoms with Crippen molar-refractivity contribution in [3.63, 3.8) is 0 Å². The number of ether oxygens (including phenoxy) is 1. The molecule has 4 aromatic heterocycles. The fraction of sp³-hybridized carbons (Fsp3) is 0.300. The van der Waals surface area contributed by atoms with Crippen molar-refractivity contribution in [1.29, 1.82) is 5.26 Å². The molecule has 0 saturated carbocycles. The van der Waals surface area contributed by atoms with Gasteiger partial charge in [-0.1, -0.05) is 12.1 Å². The van der Waals surface area contributed by atoms with E-state index in [-0.39, 0.29) is 17.4 Å². The maximum absolute atomic E-state index is 12.6. The van der Waals surface area contributed by atoms with Crippen LogP contribution in [-0.4, -0.2) is 57.4 Å². The number of morpholine rings is 1. The Morgan fingerprint density at radius 2 is 1.98 bits per heavy atom. The van der Waals surface area contributed by atoms with Crippen LogP contribution in [0.1, 0.15) is 30.0 Å². The van der Waals surface area contributed by atoms with Crippen molar-refractivity contribution < 1.29 is 4.74 Å². The number of benzene rings is 1. The van der Waals surface area contributed by atoms with E-state index >= 15 is 0 Å². The zero-order valence-electron chi connectivity index (χ0n) is 22.7. The predicted octanol–water partition coefficient (Wildman–Crippen LogP) is 3.50. The molecule has 0 radical (unpaired) electrons. The highest BCUT2D eigenvalue weighted by Crippen LogP contribution is 2.42. The van der Waals surface area contributed by atoms with E-state index < -0.39 is 0 Å². The lowest BCUT2D eigenvalue weighted by molar-refractivity contribution is 0.122. The molecule has 2 fully saturated rings. The summed E-state index contributed by atoms with van der Waals surface area (Å²) >= 11 is 0. The molecule has 41 heavy (non-hydrogen) atoms. The molecule has 5 aromatic rings. The normalized spacial score (nSPS) is 17.4. The van der Waals surface area contributed by atoms with Gasteiger partial charge in [0, 0.05) is 61.0 Å². The van der Waals surface area contributed by atoms with E-state index in [0.717, 1.165) is 71.3 Å². The van der Waals surface area contributed by atoms with Crippen molar-refractivity contribution in [3.8, 4) is 17.2 Å². The molecule has 2 aliphatic heterocycles. The first kappa shape index (κ1) is 25.0. The maximum Gasteiger partial charge on any atom is 0.274 e. The Balaban J connectivity index is 1.38. The first-order chi connectivity index (χ1) is 20.0. The molecule has 7 rings (SSSR count). The lowest BCUT2D eigenvalue weighted by atomic mass is 9.98. The summed E-state index contributed by atoms with van der Waals surface area (Å²) < 4.78 is 7.27. The molecule has 1 unspecified atom stereocenters. The molecule has 0 spiro atoms. The van der Waals surface area contributed by atoms with Gasteiger partial charge in [-0.3, -0.25) is 4.79 Å². The Hall–Kier alpha value is -4.95. The second-order valence-corrected chi connectivity index (χ2v) is 10.6. The van der Waals surface area contributed by atoms with Gasteiger partial charge in [0.2, 0.25) is 0 Å². The first-order valence-corrected chi connectivity index (χ1v) is 13.7. The molecule has 1 atom stereocenters. The number of rotatable bonds is 4. The number of nitrogens with zero attached hydrogens (tertiary/aromatic N) is 7. The molecule has 6 heterocycles. The minimum atomic E-state index is -0.0574. The maximum atomic E-state index is 12.6. The summed E-state index contributed by atoms with van der Waals surface area (Å²) in [5.74, 6) is 1.68. The number of nitrogens with one attached hydrogen (secondary N) is 1. The van der Waals surface area contributed by atoms with Crippen LogP contribution in [0.2, 0.25) is 0 Å². The third kappa shape index (κ3) is 4.15. The SMILES string of the molecule is Cn1cc(-c2ccc3cc(C4CCCN4c4ncnc(N)c4C#N)c(N4CCOCC4)nc3c2)c2cc[nH]c2c1=O. The second-order valence-electron chi connectivity index (χ2n) is 10.6. The van der Waals surface area contributed by atoms with Crippen LogP contribution in [0.25, 0.3) is 32.9 Å². The summed E-state index contributed by atoms with van der Waals surface area (Å²) in [6.45, 7) is 3.52. The molecule has 2 saturated heterocycles. The molecule has 3 N–H and O–H groups in total. The van der Waals surface area contributed by atoms with Gasteiger partial charge in [-0.25, -0.2) is 15.0 Å².